The van der Waals surface area contributed by atoms with Crippen LogP contribution in [0.15, 0.2) is 36.4 Å². The summed E-state index contributed by atoms with van der Waals surface area (Å²) < 4.78 is 38.0. The van der Waals surface area contributed by atoms with Gasteiger partial charge in [-0.2, -0.15) is 13.2 Å². The summed E-state index contributed by atoms with van der Waals surface area (Å²) >= 11 is 11.1. The highest BCUT2D eigenvalue weighted by atomic mass is 35.5. The number of alkyl halides is 3. The van der Waals surface area contributed by atoms with Gasteiger partial charge in [0, 0.05) is 10.6 Å². The van der Waals surface area contributed by atoms with Crippen molar-refractivity contribution in [2.45, 2.75) is 6.18 Å². The molecule has 0 spiro atoms. The van der Waals surface area contributed by atoms with Gasteiger partial charge in [0.2, 0.25) is 5.78 Å². The summed E-state index contributed by atoms with van der Waals surface area (Å²) in [5.41, 5.74) is -1.42. The van der Waals surface area contributed by atoms with Crippen molar-refractivity contribution in [3.8, 4) is 0 Å². The molecule has 0 amide bonds. The number of rotatable bonds is 2. The minimum absolute atomic E-state index is 0.192. The Hall–Kier alpha value is -1.59. The lowest BCUT2D eigenvalue weighted by atomic mass is 10.1. The van der Waals surface area contributed by atoms with Crippen LogP contribution in [0.3, 0.4) is 0 Å². The number of hydrogen-bond acceptors (Lipinski definition) is 2. The largest absolute Gasteiger partial charge is 0.434 e. The van der Waals surface area contributed by atoms with Crippen LogP contribution in [0.25, 0.3) is 0 Å². The normalized spacial score (nSPS) is 11.4. The molecule has 0 aliphatic heterocycles. The SMILES string of the molecule is O=C(c1ccc(Cl)cc1)c1ccc(Cl)c(C(F)(F)F)n1. The van der Waals surface area contributed by atoms with Crippen LogP contribution in [0.4, 0.5) is 13.2 Å². The molecule has 20 heavy (non-hydrogen) atoms. The lowest BCUT2D eigenvalue weighted by Gasteiger charge is -2.09. The first-order valence-corrected chi connectivity index (χ1v) is 6.08. The van der Waals surface area contributed by atoms with E-state index in [1.165, 1.54) is 24.3 Å². The number of hydrogen-bond donors (Lipinski definition) is 0. The molecule has 0 N–H and O–H groups in total. The molecule has 0 radical (unpaired) electrons. The van der Waals surface area contributed by atoms with Gasteiger partial charge in [-0.3, -0.25) is 4.79 Å². The second-order valence-corrected chi connectivity index (χ2v) is 4.70. The van der Waals surface area contributed by atoms with Crippen molar-refractivity contribution in [2.24, 2.45) is 0 Å². The molecule has 2 nitrogen and oxygen atoms in total. The summed E-state index contributed by atoms with van der Waals surface area (Å²) in [5, 5.41) is -0.133. The number of aromatic nitrogens is 1. The van der Waals surface area contributed by atoms with Gasteiger partial charge in [0.05, 0.1) is 5.02 Å². The zero-order valence-electron chi connectivity index (χ0n) is 9.71. The maximum Gasteiger partial charge on any atom is 0.434 e. The number of carbonyl (C=O) groups is 1. The minimum atomic E-state index is -4.71. The van der Waals surface area contributed by atoms with Gasteiger partial charge >= 0.3 is 6.18 Å². The van der Waals surface area contributed by atoms with E-state index in [4.69, 9.17) is 23.2 Å². The molecule has 0 unspecified atom stereocenters. The standard InChI is InChI=1S/C13H6Cl2F3NO/c14-8-3-1-7(2-4-8)11(20)10-6-5-9(15)12(19-10)13(16,17)18/h1-6H. The molecule has 0 atom stereocenters. The Labute approximate surface area is 122 Å². The van der Waals surface area contributed by atoms with Crippen LogP contribution in [-0.4, -0.2) is 10.8 Å². The van der Waals surface area contributed by atoms with Crippen LogP contribution in [0, 0.1) is 0 Å². The first-order chi connectivity index (χ1) is 9.29. The van der Waals surface area contributed by atoms with E-state index in [1.54, 1.807) is 0 Å². The van der Waals surface area contributed by atoms with E-state index in [9.17, 15) is 18.0 Å². The van der Waals surface area contributed by atoms with E-state index in [-0.39, 0.29) is 11.3 Å². The predicted octanol–water partition coefficient (Wildman–Crippen LogP) is 4.64. The van der Waals surface area contributed by atoms with Gasteiger partial charge in [-0.25, -0.2) is 4.98 Å². The zero-order valence-corrected chi connectivity index (χ0v) is 11.2. The molecular formula is C13H6Cl2F3NO. The second-order valence-electron chi connectivity index (χ2n) is 3.86. The van der Waals surface area contributed by atoms with Crippen molar-refractivity contribution in [1.82, 2.24) is 4.98 Å². The molecule has 2 aromatic rings. The third-order valence-electron chi connectivity index (χ3n) is 2.45. The lowest BCUT2D eigenvalue weighted by molar-refractivity contribution is -0.141. The molecule has 1 aromatic heterocycles. The van der Waals surface area contributed by atoms with Gasteiger partial charge in [-0.1, -0.05) is 23.2 Å². The number of benzene rings is 1. The van der Waals surface area contributed by atoms with Crippen LogP contribution in [0.2, 0.25) is 10.0 Å². The summed E-state index contributed by atoms with van der Waals surface area (Å²) in [4.78, 5) is 15.3. The third-order valence-corrected chi connectivity index (χ3v) is 3.01. The van der Waals surface area contributed by atoms with Crippen molar-refractivity contribution in [1.29, 1.82) is 0 Å². The molecule has 1 heterocycles. The van der Waals surface area contributed by atoms with Crippen LogP contribution in [0.1, 0.15) is 21.7 Å². The number of ketones is 1. The Bertz CT molecular complexity index is 654. The Morgan fingerprint density at radius 2 is 1.60 bits per heavy atom. The Balaban J connectivity index is 2.43. The topological polar surface area (TPSA) is 30.0 Å². The summed E-state index contributed by atoms with van der Waals surface area (Å²) in [6, 6.07) is 7.90. The number of carbonyl (C=O) groups excluding carboxylic acids is 1. The number of pyridine rings is 1. The molecule has 0 bridgehead atoms. The predicted molar refractivity (Wildman–Crippen MR) is 69.1 cm³/mol. The number of halogens is 5. The van der Waals surface area contributed by atoms with Crippen molar-refractivity contribution in [3.63, 3.8) is 0 Å². The van der Waals surface area contributed by atoms with E-state index in [0.29, 0.717) is 5.02 Å². The van der Waals surface area contributed by atoms with E-state index < -0.39 is 22.7 Å². The van der Waals surface area contributed by atoms with Crippen molar-refractivity contribution >= 4 is 29.0 Å². The zero-order chi connectivity index (χ0) is 14.9. The molecule has 0 aliphatic carbocycles. The Morgan fingerprint density at radius 1 is 1.00 bits per heavy atom. The monoisotopic (exact) mass is 319 g/mol. The van der Waals surface area contributed by atoms with Gasteiger partial charge in [0.15, 0.2) is 5.69 Å². The fourth-order valence-corrected chi connectivity index (χ4v) is 1.85. The van der Waals surface area contributed by atoms with Gasteiger partial charge in [0.1, 0.15) is 5.69 Å². The summed E-state index contributed by atoms with van der Waals surface area (Å²) in [7, 11) is 0. The number of nitrogens with zero attached hydrogens (tertiary/aromatic N) is 1. The smallest absolute Gasteiger partial charge is 0.287 e. The average molecular weight is 320 g/mol. The second kappa shape index (κ2) is 5.42. The van der Waals surface area contributed by atoms with Crippen molar-refractivity contribution in [3.05, 3.63) is 63.4 Å². The molecule has 2 rings (SSSR count). The van der Waals surface area contributed by atoms with E-state index in [0.717, 1.165) is 12.1 Å². The van der Waals surface area contributed by atoms with Crippen LogP contribution < -0.4 is 0 Å². The minimum Gasteiger partial charge on any atom is -0.287 e. The maximum atomic E-state index is 12.7. The van der Waals surface area contributed by atoms with Crippen molar-refractivity contribution in [2.75, 3.05) is 0 Å². The first kappa shape index (κ1) is 14.8. The summed E-state index contributed by atoms with van der Waals surface area (Å²) in [6.07, 6.45) is -4.71. The van der Waals surface area contributed by atoms with Gasteiger partial charge in [-0.15, -0.1) is 0 Å². The lowest BCUT2D eigenvalue weighted by Crippen LogP contribution is -2.13. The van der Waals surface area contributed by atoms with E-state index in [2.05, 4.69) is 4.98 Å². The first-order valence-electron chi connectivity index (χ1n) is 5.33. The molecular weight excluding hydrogens is 314 g/mol. The highest BCUT2D eigenvalue weighted by molar-refractivity contribution is 6.31. The maximum absolute atomic E-state index is 12.7. The molecule has 104 valence electrons. The molecule has 0 saturated heterocycles. The van der Waals surface area contributed by atoms with Crippen LogP contribution in [0.5, 0.6) is 0 Å². The van der Waals surface area contributed by atoms with Gasteiger partial charge < -0.3 is 0 Å². The summed E-state index contributed by atoms with van der Waals surface area (Å²) in [6.45, 7) is 0. The fourth-order valence-electron chi connectivity index (χ4n) is 1.52. The quantitative estimate of drug-likeness (QED) is 0.755. The fraction of sp³-hybridized carbons (Fsp3) is 0.0769. The molecule has 0 saturated carbocycles. The van der Waals surface area contributed by atoms with Crippen molar-refractivity contribution < 1.29 is 18.0 Å². The highest BCUT2D eigenvalue weighted by Gasteiger charge is 2.36. The molecule has 0 aliphatic rings. The molecule has 1 aromatic carbocycles. The Morgan fingerprint density at radius 3 is 2.15 bits per heavy atom. The Kier molecular flexibility index (Phi) is 4.01. The highest BCUT2D eigenvalue weighted by Crippen LogP contribution is 2.33. The van der Waals surface area contributed by atoms with Gasteiger partial charge in [-0.05, 0) is 36.4 Å². The summed E-state index contributed by atoms with van der Waals surface area (Å²) in [5.74, 6) is -0.635. The third kappa shape index (κ3) is 3.11. The molecule has 0 fully saturated rings. The van der Waals surface area contributed by atoms with Crippen LogP contribution in [-0.2, 0) is 6.18 Å². The van der Waals surface area contributed by atoms with E-state index in [1.807, 2.05) is 0 Å². The van der Waals surface area contributed by atoms with Gasteiger partial charge in [0.25, 0.3) is 0 Å². The average Bonchev–Trinajstić information content (AvgIpc) is 2.38. The molecule has 7 heteroatoms. The van der Waals surface area contributed by atoms with E-state index >= 15 is 0 Å². The van der Waals surface area contributed by atoms with Crippen LogP contribution >= 0.6 is 23.2 Å².